The Balaban J connectivity index is 2.55. The summed E-state index contributed by atoms with van der Waals surface area (Å²) in [6.07, 6.45) is 1.31. The SMILES string of the molecule is COC1(C#N)CCc2cc(F)ccc21. The van der Waals surface area contributed by atoms with Crippen LogP contribution in [0, 0.1) is 17.1 Å². The second-order valence-electron chi connectivity index (χ2n) is 3.44. The predicted molar refractivity (Wildman–Crippen MR) is 49.0 cm³/mol. The van der Waals surface area contributed by atoms with Gasteiger partial charge in [-0.05, 0) is 30.5 Å². The van der Waals surface area contributed by atoms with Crippen molar-refractivity contribution in [3.05, 3.63) is 35.1 Å². The van der Waals surface area contributed by atoms with E-state index in [1.165, 1.54) is 19.2 Å². The van der Waals surface area contributed by atoms with Crippen molar-refractivity contribution >= 4 is 0 Å². The molecule has 1 atom stereocenters. The number of benzene rings is 1. The van der Waals surface area contributed by atoms with Crippen molar-refractivity contribution in [1.29, 1.82) is 5.26 Å². The molecular weight excluding hydrogens is 181 g/mol. The first-order chi connectivity index (χ1) is 6.72. The van der Waals surface area contributed by atoms with Gasteiger partial charge in [0.25, 0.3) is 0 Å². The van der Waals surface area contributed by atoms with Gasteiger partial charge in [-0.3, -0.25) is 0 Å². The highest BCUT2D eigenvalue weighted by Gasteiger charge is 2.39. The van der Waals surface area contributed by atoms with E-state index in [0.29, 0.717) is 12.8 Å². The second kappa shape index (κ2) is 3.07. The van der Waals surface area contributed by atoms with E-state index in [1.807, 2.05) is 0 Å². The summed E-state index contributed by atoms with van der Waals surface area (Å²) in [4.78, 5) is 0. The Morgan fingerprint density at radius 3 is 3.00 bits per heavy atom. The highest BCUT2D eigenvalue weighted by Crippen LogP contribution is 2.39. The molecule has 0 fully saturated rings. The van der Waals surface area contributed by atoms with E-state index in [4.69, 9.17) is 10.00 Å². The zero-order chi connectivity index (χ0) is 10.2. The summed E-state index contributed by atoms with van der Waals surface area (Å²) in [6.45, 7) is 0. The van der Waals surface area contributed by atoms with E-state index >= 15 is 0 Å². The molecular formula is C11H10FNO. The van der Waals surface area contributed by atoms with Crippen molar-refractivity contribution in [3.63, 3.8) is 0 Å². The second-order valence-corrected chi connectivity index (χ2v) is 3.44. The Kier molecular flexibility index (Phi) is 2.01. The lowest BCUT2D eigenvalue weighted by Crippen LogP contribution is -2.22. The number of aryl methyl sites for hydroxylation is 1. The zero-order valence-corrected chi connectivity index (χ0v) is 7.88. The molecule has 0 bridgehead atoms. The van der Waals surface area contributed by atoms with Crippen LogP contribution >= 0.6 is 0 Å². The predicted octanol–water partition coefficient (Wildman–Crippen LogP) is 2.14. The minimum atomic E-state index is -0.858. The molecule has 0 heterocycles. The number of nitrogens with zero attached hydrogens (tertiary/aromatic N) is 1. The number of ether oxygens (including phenoxy) is 1. The van der Waals surface area contributed by atoms with Crippen molar-refractivity contribution in [2.75, 3.05) is 7.11 Å². The average molecular weight is 191 g/mol. The van der Waals surface area contributed by atoms with Gasteiger partial charge in [0.15, 0.2) is 5.60 Å². The van der Waals surface area contributed by atoms with Crippen LogP contribution in [0.5, 0.6) is 0 Å². The van der Waals surface area contributed by atoms with Crippen LogP contribution in [0.25, 0.3) is 0 Å². The summed E-state index contributed by atoms with van der Waals surface area (Å²) in [5, 5.41) is 9.06. The maximum atomic E-state index is 12.9. The minimum Gasteiger partial charge on any atom is -0.359 e. The van der Waals surface area contributed by atoms with Crippen LogP contribution in [0.4, 0.5) is 4.39 Å². The van der Waals surface area contributed by atoms with Crippen molar-refractivity contribution in [2.24, 2.45) is 0 Å². The highest BCUT2D eigenvalue weighted by molar-refractivity contribution is 5.41. The third kappa shape index (κ3) is 1.11. The fraction of sp³-hybridized carbons (Fsp3) is 0.364. The molecule has 0 saturated carbocycles. The smallest absolute Gasteiger partial charge is 0.179 e. The summed E-state index contributed by atoms with van der Waals surface area (Å²) < 4.78 is 18.1. The Bertz CT molecular complexity index is 410. The zero-order valence-electron chi connectivity index (χ0n) is 7.88. The molecule has 0 saturated heterocycles. The summed E-state index contributed by atoms with van der Waals surface area (Å²) in [6, 6.07) is 6.65. The van der Waals surface area contributed by atoms with Gasteiger partial charge in [-0.25, -0.2) is 4.39 Å². The number of hydrogen-bond donors (Lipinski definition) is 0. The van der Waals surface area contributed by atoms with E-state index in [0.717, 1.165) is 11.1 Å². The molecule has 2 rings (SSSR count). The van der Waals surface area contributed by atoms with Crippen molar-refractivity contribution in [2.45, 2.75) is 18.4 Å². The van der Waals surface area contributed by atoms with Gasteiger partial charge in [-0.2, -0.15) is 5.26 Å². The van der Waals surface area contributed by atoms with Crippen LogP contribution in [0.15, 0.2) is 18.2 Å². The molecule has 3 heteroatoms. The standard InChI is InChI=1S/C11H10FNO/c1-14-11(7-13)5-4-8-6-9(12)2-3-10(8)11/h2-3,6H,4-5H2,1H3. The van der Waals surface area contributed by atoms with Crippen LogP contribution in [0.3, 0.4) is 0 Å². The Morgan fingerprint density at radius 2 is 2.36 bits per heavy atom. The van der Waals surface area contributed by atoms with E-state index in [2.05, 4.69) is 6.07 Å². The van der Waals surface area contributed by atoms with Crippen LogP contribution in [-0.2, 0) is 16.8 Å². The van der Waals surface area contributed by atoms with Crippen LogP contribution in [-0.4, -0.2) is 7.11 Å². The van der Waals surface area contributed by atoms with Crippen molar-refractivity contribution < 1.29 is 9.13 Å². The van der Waals surface area contributed by atoms with Gasteiger partial charge in [0.2, 0.25) is 0 Å². The Labute approximate surface area is 81.9 Å². The number of methoxy groups -OCH3 is 1. The number of hydrogen-bond acceptors (Lipinski definition) is 2. The van der Waals surface area contributed by atoms with E-state index in [9.17, 15) is 4.39 Å². The third-order valence-electron chi connectivity index (χ3n) is 2.78. The summed E-state index contributed by atoms with van der Waals surface area (Å²) in [5.41, 5.74) is 0.834. The van der Waals surface area contributed by atoms with Gasteiger partial charge in [0.1, 0.15) is 11.9 Å². The normalized spacial score (nSPS) is 24.4. The topological polar surface area (TPSA) is 33.0 Å². The lowest BCUT2D eigenvalue weighted by Gasteiger charge is -2.19. The largest absolute Gasteiger partial charge is 0.359 e. The lowest BCUT2D eigenvalue weighted by molar-refractivity contribution is 0.0379. The first kappa shape index (κ1) is 9.17. The summed E-state index contributed by atoms with van der Waals surface area (Å²) in [5.74, 6) is -0.256. The summed E-state index contributed by atoms with van der Waals surface area (Å²) >= 11 is 0. The molecule has 0 aromatic heterocycles. The Hall–Kier alpha value is -1.40. The van der Waals surface area contributed by atoms with Gasteiger partial charge in [-0.1, -0.05) is 6.07 Å². The number of fused-ring (bicyclic) bond motifs is 1. The first-order valence-electron chi connectivity index (χ1n) is 4.47. The monoisotopic (exact) mass is 191 g/mol. The fourth-order valence-electron chi connectivity index (χ4n) is 1.98. The van der Waals surface area contributed by atoms with Gasteiger partial charge < -0.3 is 4.74 Å². The molecule has 1 aromatic carbocycles. The molecule has 0 amide bonds. The minimum absolute atomic E-state index is 0.256. The Morgan fingerprint density at radius 1 is 1.57 bits per heavy atom. The molecule has 0 spiro atoms. The molecule has 0 aliphatic heterocycles. The lowest BCUT2D eigenvalue weighted by atomic mass is 9.97. The molecule has 1 unspecified atom stereocenters. The fourth-order valence-corrected chi connectivity index (χ4v) is 1.98. The van der Waals surface area contributed by atoms with Crippen molar-refractivity contribution in [1.82, 2.24) is 0 Å². The number of nitriles is 1. The van der Waals surface area contributed by atoms with Crippen LogP contribution < -0.4 is 0 Å². The summed E-state index contributed by atoms with van der Waals surface area (Å²) in [7, 11) is 1.52. The quantitative estimate of drug-likeness (QED) is 0.681. The molecule has 0 N–H and O–H groups in total. The maximum absolute atomic E-state index is 12.9. The van der Waals surface area contributed by atoms with Gasteiger partial charge in [0, 0.05) is 12.7 Å². The van der Waals surface area contributed by atoms with Gasteiger partial charge in [0.05, 0.1) is 0 Å². The van der Waals surface area contributed by atoms with Crippen LogP contribution in [0.2, 0.25) is 0 Å². The average Bonchev–Trinajstić information content (AvgIpc) is 2.56. The first-order valence-corrected chi connectivity index (χ1v) is 4.47. The van der Waals surface area contributed by atoms with E-state index in [1.54, 1.807) is 6.07 Å². The molecule has 1 aliphatic rings. The van der Waals surface area contributed by atoms with E-state index in [-0.39, 0.29) is 5.82 Å². The third-order valence-corrected chi connectivity index (χ3v) is 2.78. The molecule has 14 heavy (non-hydrogen) atoms. The highest BCUT2D eigenvalue weighted by atomic mass is 19.1. The van der Waals surface area contributed by atoms with Crippen LogP contribution in [0.1, 0.15) is 17.5 Å². The van der Waals surface area contributed by atoms with E-state index < -0.39 is 5.60 Å². The van der Waals surface area contributed by atoms with Gasteiger partial charge >= 0.3 is 0 Å². The van der Waals surface area contributed by atoms with Crippen molar-refractivity contribution in [3.8, 4) is 6.07 Å². The maximum Gasteiger partial charge on any atom is 0.179 e. The molecule has 72 valence electrons. The molecule has 2 nitrogen and oxygen atoms in total. The molecule has 0 radical (unpaired) electrons. The molecule has 1 aliphatic carbocycles. The van der Waals surface area contributed by atoms with Gasteiger partial charge in [-0.15, -0.1) is 0 Å². The number of halogens is 1. The number of rotatable bonds is 1. The molecule has 1 aromatic rings.